The number of ether oxygens (including phenoxy) is 1. The first-order chi connectivity index (χ1) is 12.5. The molecule has 1 saturated carbocycles. The molecule has 138 valence electrons. The quantitative estimate of drug-likeness (QED) is 0.883. The summed E-state index contributed by atoms with van der Waals surface area (Å²) < 4.78 is 7.89. The molecular weight excluding hydrogens is 328 g/mol. The predicted octanol–water partition coefficient (Wildman–Crippen LogP) is 3.71. The van der Waals surface area contributed by atoms with Gasteiger partial charge in [0.2, 0.25) is 0 Å². The molecule has 2 fully saturated rings. The zero-order valence-corrected chi connectivity index (χ0v) is 15.4. The minimum atomic E-state index is -0.174. The number of amides is 2. The summed E-state index contributed by atoms with van der Waals surface area (Å²) in [5.74, 6) is 0. The van der Waals surface area contributed by atoms with E-state index in [0.717, 1.165) is 42.0 Å². The number of benzene rings is 1. The molecule has 1 aliphatic heterocycles. The molecule has 1 unspecified atom stereocenters. The van der Waals surface area contributed by atoms with Crippen LogP contribution in [-0.2, 0) is 4.74 Å². The average molecular weight is 354 g/mol. The second kappa shape index (κ2) is 6.76. The third-order valence-corrected chi connectivity index (χ3v) is 5.44. The lowest BCUT2D eigenvalue weighted by molar-refractivity contribution is 0.00998. The number of nitrogens with zero attached hydrogens (tertiary/aromatic N) is 2. The fraction of sp³-hybridized carbons (Fsp3) is 0.500. The number of rotatable bonds is 3. The Bertz CT molecular complexity index is 791. The number of aromatic nitrogens is 2. The molecule has 2 heterocycles. The van der Waals surface area contributed by atoms with E-state index in [2.05, 4.69) is 15.7 Å². The first-order valence-corrected chi connectivity index (χ1v) is 9.38. The molecular formula is C20H26N4O2. The van der Waals surface area contributed by atoms with Crippen molar-refractivity contribution in [2.45, 2.75) is 57.6 Å². The summed E-state index contributed by atoms with van der Waals surface area (Å²) in [5, 5.41) is 10.4. The van der Waals surface area contributed by atoms with Crippen molar-refractivity contribution in [2.24, 2.45) is 0 Å². The molecule has 1 atom stereocenters. The highest BCUT2D eigenvalue weighted by molar-refractivity contribution is 5.89. The van der Waals surface area contributed by atoms with Crippen LogP contribution in [0.5, 0.6) is 0 Å². The van der Waals surface area contributed by atoms with Crippen LogP contribution in [0, 0.1) is 13.8 Å². The van der Waals surface area contributed by atoms with Gasteiger partial charge in [0.05, 0.1) is 29.6 Å². The zero-order valence-electron chi connectivity index (χ0n) is 15.4. The third-order valence-electron chi connectivity index (χ3n) is 5.44. The summed E-state index contributed by atoms with van der Waals surface area (Å²) in [6, 6.07) is 9.68. The molecule has 1 aliphatic carbocycles. The lowest BCUT2D eigenvalue weighted by Gasteiger charge is -2.21. The monoisotopic (exact) mass is 354 g/mol. The number of hydrogen-bond donors (Lipinski definition) is 2. The van der Waals surface area contributed by atoms with Gasteiger partial charge in [0.25, 0.3) is 0 Å². The molecule has 2 N–H and O–H groups in total. The molecule has 2 aliphatic rings. The van der Waals surface area contributed by atoms with Crippen molar-refractivity contribution < 1.29 is 9.53 Å². The number of aryl methyl sites for hydroxylation is 2. The first kappa shape index (κ1) is 17.1. The van der Waals surface area contributed by atoms with Gasteiger partial charge in [-0.2, -0.15) is 5.10 Å². The van der Waals surface area contributed by atoms with Gasteiger partial charge in [0, 0.05) is 11.4 Å². The molecule has 2 amide bonds. The summed E-state index contributed by atoms with van der Waals surface area (Å²) in [6.07, 6.45) is 5.65. The first-order valence-electron chi connectivity index (χ1n) is 9.38. The van der Waals surface area contributed by atoms with Crippen LogP contribution >= 0.6 is 0 Å². The van der Waals surface area contributed by atoms with Crippen LogP contribution in [0.4, 0.5) is 10.5 Å². The lowest BCUT2D eigenvalue weighted by Crippen LogP contribution is -2.39. The fourth-order valence-electron chi connectivity index (χ4n) is 4.23. The van der Waals surface area contributed by atoms with Crippen LogP contribution in [0.1, 0.15) is 43.5 Å². The Morgan fingerprint density at radius 1 is 1.23 bits per heavy atom. The summed E-state index contributed by atoms with van der Waals surface area (Å²) in [4.78, 5) is 12.3. The Labute approximate surface area is 153 Å². The Balaban J connectivity index is 1.34. The van der Waals surface area contributed by atoms with Crippen LogP contribution in [0.2, 0.25) is 0 Å². The van der Waals surface area contributed by atoms with Crippen LogP contribution in [0.15, 0.2) is 30.3 Å². The van der Waals surface area contributed by atoms with Crippen molar-refractivity contribution in [1.29, 1.82) is 0 Å². The standard InChI is InChI=1S/C20H26N4O2/c1-14-11-15(2)24(23-14)18-7-5-16(6-8-18)21-19(25)22-17-12-20(26-13-17)9-3-4-10-20/h5-8,11,17H,3-4,9-10,12-13H2,1-2H3,(H2,21,22,25). The number of hydrogen-bond acceptors (Lipinski definition) is 3. The third kappa shape index (κ3) is 3.46. The molecule has 4 rings (SSSR count). The maximum absolute atomic E-state index is 12.3. The predicted molar refractivity (Wildman–Crippen MR) is 101 cm³/mol. The Kier molecular flexibility index (Phi) is 4.44. The number of urea groups is 1. The maximum atomic E-state index is 12.3. The molecule has 6 nitrogen and oxygen atoms in total. The molecule has 2 aromatic rings. The van der Waals surface area contributed by atoms with Gasteiger partial charge in [0.15, 0.2) is 0 Å². The van der Waals surface area contributed by atoms with E-state index in [0.29, 0.717) is 6.61 Å². The van der Waals surface area contributed by atoms with E-state index in [4.69, 9.17) is 4.74 Å². The second-order valence-corrected chi connectivity index (χ2v) is 7.59. The van der Waals surface area contributed by atoms with Gasteiger partial charge < -0.3 is 15.4 Å². The van der Waals surface area contributed by atoms with E-state index in [1.165, 1.54) is 12.8 Å². The van der Waals surface area contributed by atoms with Gasteiger partial charge >= 0.3 is 6.03 Å². The summed E-state index contributed by atoms with van der Waals surface area (Å²) in [6.45, 7) is 4.62. The van der Waals surface area contributed by atoms with Crippen molar-refractivity contribution in [3.8, 4) is 5.69 Å². The van der Waals surface area contributed by atoms with Crippen molar-refractivity contribution in [2.75, 3.05) is 11.9 Å². The zero-order chi connectivity index (χ0) is 18.1. The highest BCUT2D eigenvalue weighted by Crippen LogP contribution is 2.40. The van der Waals surface area contributed by atoms with Gasteiger partial charge in [0.1, 0.15) is 0 Å². The molecule has 6 heteroatoms. The molecule has 0 bridgehead atoms. The van der Waals surface area contributed by atoms with Gasteiger partial charge in [-0.25, -0.2) is 9.48 Å². The summed E-state index contributed by atoms with van der Waals surface area (Å²) >= 11 is 0. The van der Waals surface area contributed by atoms with E-state index in [-0.39, 0.29) is 17.7 Å². The Morgan fingerprint density at radius 3 is 2.62 bits per heavy atom. The molecule has 1 aromatic carbocycles. The lowest BCUT2D eigenvalue weighted by atomic mass is 9.96. The number of nitrogens with one attached hydrogen (secondary N) is 2. The summed E-state index contributed by atoms with van der Waals surface area (Å²) in [5.41, 5.74) is 3.85. The number of carbonyl (C=O) groups is 1. The van der Waals surface area contributed by atoms with E-state index in [1.807, 2.05) is 48.9 Å². The van der Waals surface area contributed by atoms with Gasteiger partial charge in [-0.15, -0.1) is 0 Å². The Hall–Kier alpha value is -2.34. The Morgan fingerprint density at radius 2 is 1.96 bits per heavy atom. The van der Waals surface area contributed by atoms with E-state index in [1.54, 1.807) is 0 Å². The van der Waals surface area contributed by atoms with Crippen LogP contribution in [0.25, 0.3) is 5.69 Å². The van der Waals surface area contributed by atoms with Crippen molar-refractivity contribution in [3.63, 3.8) is 0 Å². The molecule has 1 aromatic heterocycles. The van der Waals surface area contributed by atoms with Crippen molar-refractivity contribution in [1.82, 2.24) is 15.1 Å². The largest absolute Gasteiger partial charge is 0.373 e. The van der Waals surface area contributed by atoms with Crippen LogP contribution in [-0.4, -0.2) is 34.1 Å². The van der Waals surface area contributed by atoms with E-state index in [9.17, 15) is 4.79 Å². The van der Waals surface area contributed by atoms with Gasteiger partial charge in [-0.05, 0) is 63.4 Å². The second-order valence-electron chi connectivity index (χ2n) is 7.59. The summed E-state index contributed by atoms with van der Waals surface area (Å²) in [7, 11) is 0. The normalized spacial score (nSPS) is 21.2. The van der Waals surface area contributed by atoms with E-state index < -0.39 is 0 Å². The fourth-order valence-corrected chi connectivity index (χ4v) is 4.23. The molecule has 1 saturated heterocycles. The minimum Gasteiger partial charge on any atom is -0.373 e. The van der Waals surface area contributed by atoms with Crippen molar-refractivity contribution >= 4 is 11.7 Å². The minimum absolute atomic E-state index is 0.0271. The van der Waals surface area contributed by atoms with Gasteiger partial charge in [-0.1, -0.05) is 12.8 Å². The number of anilines is 1. The highest BCUT2D eigenvalue weighted by atomic mass is 16.5. The SMILES string of the molecule is Cc1cc(C)n(-c2ccc(NC(=O)NC3COC4(CCCC4)C3)cc2)n1. The molecule has 0 radical (unpaired) electrons. The number of carbonyl (C=O) groups excluding carboxylic acids is 1. The smallest absolute Gasteiger partial charge is 0.319 e. The van der Waals surface area contributed by atoms with Crippen molar-refractivity contribution in [3.05, 3.63) is 41.7 Å². The van der Waals surface area contributed by atoms with Gasteiger partial charge in [-0.3, -0.25) is 0 Å². The van der Waals surface area contributed by atoms with Crippen LogP contribution < -0.4 is 10.6 Å². The topological polar surface area (TPSA) is 68.2 Å². The van der Waals surface area contributed by atoms with Crippen LogP contribution in [0.3, 0.4) is 0 Å². The molecule has 26 heavy (non-hydrogen) atoms. The highest BCUT2D eigenvalue weighted by Gasteiger charge is 2.42. The molecule has 1 spiro atoms. The van der Waals surface area contributed by atoms with E-state index >= 15 is 0 Å². The average Bonchev–Trinajstić information content (AvgIpc) is 3.31. The maximum Gasteiger partial charge on any atom is 0.319 e.